The molecule has 0 aliphatic heterocycles. The molecule has 0 saturated heterocycles. The maximum absolute atomic E-state index is 12.0. The number of hydrogen-bond acceptors (Lipinski definition) is 7. The van der Waals surface area contributed by atoms with E-state index in [0.29, 0.717) is 21.7 Å². The average molecular weight is 439 g/mol. The first-order valence-corrected chi connectivity index (χ1v) is 8.32. The molecule has 0 unspecified atom stereocenters. The van der Waals surface area contributed by atoms with Crippen molar-refractivity contribution < 1.29 is 28.4 Å². The van der Waals surface area contributed by atoms with Crippen LogP contribution in [0.3, 0.4) is 0 Å². The number of furan rings is 1. The highest BCUT2D eigenvalue weighted by Crippen LogP contribution is 2.32. The molecular formula is C17H15BrN2O7. The Morgan fingerprint density at radius 2 is 2.11 bits per heavy atom. The van der Waals surface area contributed by atoms with Crippen LogP contribution in [0.4, 0.5) is 11.4 Å². The van der Waals surface area contributed by atoms with Gasteiger partial charge in [0.2, 0.25) is 0 Å². The van der Waals surface area contributed by atoms with E-state index in [1.807, 2.05) is 0 Å². The van der Waals surface area contributed by atoms with Gasteiger partial charge < -0.3 is 19.2 Å². The van der Waals surface area contributed by atoms with E-state index in [9.17, 15) is 19.7 Å². The van der Waals surface area contributed by atoms with Gasteiger partial charge in [-0.05, 0) is 46.6 Å². The van der Waals surface area contributed by atoms with Crippen LogP contribution in [0.5, 0.6) is 5.75 Å². The molecule has 10 heteroatoms. The molecule has 1 heterocycles. The van der Waals surface area contributed by atoms with Crippen molar-refractivity contribution in [2.45, 2.75) is 6.92 Å². The number of anilines is 1. The highest BCUT2D eigenvalue weighted by atomic mass is 79.9. The van der Waals surface area contributed by atoms with Gasteiger partial charge >= 0.3 is 11.7 Å². The first-order valence-electron chi connectivity index (χ1n) is 7.53. The van der Waals surface area contributed by atoms with E-state index in [1.54, 1.807) is 19.1 Å². The first kappa shape index (κ1) is 20.2. The quantitative estimate of drug-likeness (QED) is 0.304. The molecule has 1 N–H and O–H groups in total. The first-order chi connectivity index (χ1) is 12.8. The maximum Gasteiger partial charge on any atom is 0.331 e. The normalized spacial score (nSPS) is 10.6. The van der Waals surface area contributed by atoms with Crippen molar-refractivity contribution in [3.05, 3.63) is 56.4 Å². The molecule has 27 heavy (non-hydrogen) atoms. The molecule has 2 rings (SSSR count). The van der Waals surface area contributed by atoms with Crippen LogP contribution >= 0.6 is 15.9 Å². The van der Waals surface area contributed by atoms with Crippen molar-refractivity contribution in [3.63, 3.8) is 0 Å². The van der Waals surface area contributed by atoms with Crippen molar-refractivity contribution in [3.8, 4) is 5.75 Å². The number of amides is 1. The third-order valence-electron chi connectivity index (χ3n) is 3.32. The summed E-state index contributed by atoms with van der Waals surface area (Å²) in [4.78, 5) is 34.0. The van der Waals surface area contributed by atoms with Crippen LogP contribution in [0.1, 0.15) is 11.3 Å². The second-order valence-electron chi connectivity index (χ2n) is 5.23. The summed E-state index contributed by atoms with van der Waals surface area (Å²) in [6.45, 7) is 1.07. The zero-order valence-electron chi connectivity index (χ0n) is 14.4. The Labute approximate surface area is 162 Å². The molecule has 1 aromatic heterocycles. The zero-order valence-corrected chi connectivity index (χ0v) is 15.9. The van der Waals surface area contributed by atoms with E-state index in [2.05, 4.69) is 21.2 Å². The molecule has 0 aliphatic carbocycles. The number of rotatable bonds is 7. The smallest absolute Gasteiger partial charge is 0.331 e. The number of benzene rings is 1. The Kier molecular flexibility index (Phi) is 6.72. The number of nitrogens with one attached hydrogen (secondary N) is 1. The van der Waals surface area contributed by atoms with Crippen molar-refractivity contribution in [2.75, 3.05) is 19.0 Å². The highest BCUT2D eigenvalue weighted by molar-refractivity contribution is 9.10. The lowest BCUT2D eigenvalue weighted by atomic mass is 10.1. The Balaban J connectivity index is 1.94. The highest BCUT2D eigenvalue weighted by Gasteiger charge is 2.18. The number of carbonyl (C=O) groups excluding carboxylic acids is 2. The third-order valence-corrected chi connectivity index (χ3v) is 3.75. The van der Waals surface area contributed by atoms with E-state index in [-0.39, 0.29) is 11.4 Å². The molecular weight excluding hydrogens is 424 g/mol. The van der Waals surface area contributed by atoms with Gasteiger partial charge in [0.05, 0.1) is 12.0 Å². The van der Waals surface area contributed by atoms with Gasteiger partial charge in [-0.25, -0.2) is 4.79 Å². The number of halogens is 1. The number of ether oxygens (including phenoxy) is 2. The summed E-state index contributed by atoms with van der Waals surface area (Å²) in [5.74, 6) is -0.880. The van der Waals surface area contributed by atoms with Crippen LogP contribution in [-0.4, -0.2) is 30.5 Å². The summed E-state index contributed by atoms with van der Waals surface area (Å²) in [5.41, 5.74) is 0.564. The Morgan fingerprint density at radius 3 is 2.70 bits per heavy atom. The van der Waals surface area contributed by atoms with Crippen molar-refractivity contribution in [2.24, 2.45) is 0 Å². The molecule has 1 amide bonds. The number of methoxy groups -OCH3 is 1. The van der Waals surface area contributed by atoms with Crippen molar-refractivity contribution >= 4 is 45.3 Å². The minimum Gasteiger partial charge on any atom is -0.490 e. The number of nitrogens with zero attached hydrogens (tertiary/aromatic N) is 1. The van der Waals surface area contributed by atoms with E-state index < -0.39 is 23.4 Å². The van der Waals surface area contributed by atoms with Gasteiger partial charge in [0, 0.05) is 23.9 Å². The standard InChI is InChI=1S/C17H15BrN2O7/c1-10-7-13(20(23)24)14(25-2)8-12(10)19-16(21)9-26-17(22)6-4-11-3-5-15(18)27-11/h3-8H,9H2,1-2H3,(H,19,21)/b6-4+. The summed E-state index contributed by atoms with van der Waals surface area (Å²) in [5, 5.41) is 13.5. The second-order valence-corrected chi connectivity index (χ2v) is 6.01. The lowest BCUT2D eigenvalue weighted by Gasteiger charge is -2.10. The predicted octanol–water partition coefficient (Wildman–Crippen LogP) is 3.46. The van der Waals surface area contributed by atoms with Gasteiger partial charge in [0.1, 0.15) is 5.76 Å². The Bertz CT molecular complexity index is 905. The fourth-order valence-electron chi connectivity index (χ4n) is 2.05. The third kappa shape index (κ3) is 5.68. The molecule has 0 bridgehead atoms. The summed E-state index contributed by atoms with van der Waals surface area (Å²) in [7, 11) is 1.29. The minimum atomic E-state index is -0.726. The van der Waals surface area contributed by atoms with Crippen molar-refractivity contribution in [1.82, 2.24) is 0 Å². The molecule has 1 aromatic carbocycles. The molecule has 142 valence electrons. The van der Waals surface area contributed by atoms with Crippen LogP contribution in [0.2, 0.25) is 0 Å². The number of hydrogen-bond donors (Lipinski definition) is 1. The fourth-order valence-corrected chi connectivity index (χ4v) is 2.37. The van der Waals surface area contributed by atoms with E-state index in [0.717, 1.165) is 6.08 Å². The van der Waals surface area contributed by atoms with Gasteiger partial charge in [-0.15, -0.1) is 0 Å². The lowest BCUT2D eigenvalue weighted by Crippen LogP contribution is -2.20. The van der Waals surface area contributed by atoms with Crippen LogP contribution in [-0.2, 0) is 14.3 Å². The monoisotopic (exact) mass is 438 g/mol. The Morgan fingerprint density at radius 1 is 1.37 bits per heavy atom. The molecule has 0 saturated carbocycles. The SMILES string of the molecule is COc1cc(NC(=O)COC(=O)/C=C/c2ccc(Br)o2)c(C)cc1[N+](=O)[O-]. The minimum absolute atomic E-state index is 0.00503. The van der Waals surface area contributed by atoms with Gasteiger partial charge in [-0.3, -0.25) is 14.9 Å². The molecule has 0 radical (unpaired) electrons. The topological polar surface area (TPSA) is 121 Å². The maximum atomic E-state index is 12.0. The van der Waals surface area contributed by atoms with Gasteiger partial charge in [-0.2, -0.15) is 0 Å². The van der Waals surface area contributed by atoms with E-state index in [4.69, 9.17) is 13.9 Å². The number of nitro groups is 1. The van der Waals surface area contributed by atoms with Gasteiger partial charge in [-0.1, -0.05) is 0 Å². The largest absolute Gasteiger partial charge is 0.490 e. The number of carbonyl (C=O) groups is 2. The van der Waals surface area contributed by atoms with Gasteiger partial charge in [0.25, 0.3) is 5.91 Å². The summed E-state index contributed by atoms with van der Waals surface area (Å²) in [6.07, 6.45) is 2.52. The van der Waals surface area contributed by atoms with Gasteiger partial charge in [0.15, 0.2) is 17.0 Å². The van der Waals surface area contributed by atoms with Crippen molar-refractivity contribution in [1.29, 1.82) is 0 Å². The molecule has 0 fully saturated rings. The summed E-state index contributed by atoms with van der Waals surface area (Å²) >= 11 is 3.13. The number of aryl methyl sites for hydroxylation is 1. The fraction of sp³-hybridized carbons (Fsp3) is 0.176. The van der Waals surface area contributed by atoms with Crippen LogP contribution in [0, 0.1) is 17.0 Å². The van der Waals surface area contributed by atoms with Crippen LogP contribution in [0.25, 0.3) is 6.08 Å². The zero-order chi connectivity index (χ0) is 20.0. The molecule has 0 aliphatic rings. The molecule has 0 spiro atoms. The van der Waals surface area contributed by atoms with E-state index >= 15 is 0 Å². The number of esters is 1. The van der Waals surface area contributed by atoms with E-state index in [1.165, 1.54) is 25.3 Å². The van der Waals surface area contributed by atoms with Crippen LogP contribution in [0.15, 0.2) is 39.4 Å². The summed E-state index contributed by atoms with van der Waals surface area (Å²) in [6, 6.07) is 5.93. The average Bonchev–Trinajstić information content (AvgIpc) is 3.04. The molecule has 2 aromatic rings. The molecule has 9 nitrogen and oxygen atoms in total. The lowest BCUT2D eigenvalue weighted by molar-refractivity contribution is -0.385. The predicted molar refractivity (Wildman–Crippen MR) is 99.4 cm³/mol. The Hall–Kier alpha value is -3.14. The summed E-state index contributed by atoms with van der Waals surface area (Å²) < 4.78 is 15.5. The molecule has 0 atom stereocenters. The second kappa shape index (κ2) is 8.99. The number of nitro benzene ring substituents is 1. The van der Waals surface area contributed by atoms with Crippen LogP contribution < -0.4 is 10.1 Å².